The van der Waals surface area contributed by atoms with Gasteiger partial charge in [-0.3, -0.25) is 9.69 Å². The molecule has 2 fully saturated rings. The number of benzene rings is 1. The number of nitrogens with one attached hydrogen (secondary N) is 1. The quantitative estimate of drug-likeness (QED) is 0.890. The Labute approximate surface area is 158 Å². The first-order valence-corrected chi connectivity index (χ1v) is 9.44. The van der Waals surface area contributed by atoms with E-state index in [-0.39, 0.29) is 12.4 Å². The molecule has 0 aliphatic carbocycles. The Hall–Kier alpha value is -1.10. The van der Waals surface area contributed by atoms with Gasteiger partial charge in [-0.1, -0.05) is 36.8 Å². The standard InChI is InChI=1S/C20H31N3O.ClH/c1-16-5-7-18(8-6-16)20-17(2)4-3-12-23(20)13-9-19(24)22-14-10-21-11-15-22;/h5-8,17,20-21H,3-4,9-15H2,1-2H3;1H. The Morgan fingerprint density at radius 2 is 1.84 bits per heavy atom. The Morgan fingerprint density at radius 1 is 1.16 bits per heavy atom. The number of amides is 1. The molecule has 0 spiro atoms. The normalized spacial score (nSPS) is 24.6. The molecule has 2 aliphatic heterocycles. The molecule has 4 nitrogen and oxygen atoms in total. The van der Waals surface area contributed by atoms with Crippen LogP contribution in [0.15, 0.2) is 24.3 Å². The average Bonchev–Trinajstić information content (AvgIpc) is 2.61. The van der Waals surface area contributed by atoms with Crippen molar-refractivity contribution in [3.05, 3.63) is 35.4 Å². The molecule has 3 rings (SSSR count). The molecule has 2 heterocycles. The van der Waals surface area contributed by atoms with Gasteiger partial charge >= 0.3 is 0 Å². The number of carbonyl (C=O) groups excluding carboxylic acids is 1. The molecule has 2 aliphatic rings. The van der Waals surface area contributed by atoms with E-state index in [4.69, 9.17) is 0 Å². The van der Waals surface area contributed by atoms with Crippen molar-refractivity contribution < 1.29 is 4.79 Å². The van der Waals surface area contributed by atoms with Crippen LogP contribution in [0.4, 0.5) is 0 Å². The van der Waals surface area contributed by atoms with Gasteiger partial charge < -0.3 is 10.2 Å². The maximum Gasteiger partial charge on any atom is 0.223 e. The second-order valence-electron chi connectivity index (χ2n) is 7.39. The van der Waals surface area contributed by atoms with Gasteiger partial charge in [-0.05, 0) is 37.8 Å². The third-order valence-electron chi connectivity index (χ3n) is 5.54. The van der Waals surface area contributed by atoms with Gasteiger partial charge in [0.15, 0.2) is 0 Å². The van der Waals surface area contributed by atoms with E-state index in [1.807, 2.05) is 4.90 Å². The van der Waals surface area contributed by atoms with Crippen molar-refractivity contribution in [2.45, 2.75) is 39.2 Å². The Kier molecular flexibility index (Phi) is 7.73. The molecule has 5 heteroatoms. The van der Waals surface area contributed by atoms with Crippen LogP contribution in [0.3, 0.4) is 0 Å². The van der Waals surface area contributed by atoms with Gasteiger partial charge in [0.2, 0.25) is 5.91 Å². The highest BCUT2D eigenvalue weighted by atomic mass is 35.5. The van der Waals surface area contributed by atoms with Gasteiger partial charge in [0.1, 0.15) is 0 Å². The topological polar surface area (TPSA) is 35.6 Å². The highest BCUT2D eigenvalue weighted by Gasteiger charge is 2.30. The van der Waals surface area contributed by atoms with Crippen molar-refractivity contribution in [3.8, 4) is 0 Å². The fraction of sp³-hybridized carbons (Fsp3) is 0.650. The molecule has 1 aromatic rings. The summed E-state index contributed by atoms with van der Waals surface area (Å²) in [7, 11) is 0. The molecule has 25 heavy (non-hydrogen) atoms. The fourth-order valence-corrected chi connectivity index (χ4v) is 4.14. The smallest absolute Gasteiger partial charge is 0.223 e. The molecule has 2 atom stereocenters. The maximum absolute atomic E-state index is 12.5. The van der Waals surface area contributed by atoms with E-state index in [9.17, 15) is 4.79 Å². The monoisotopic (exact) mass is 365 g/mol. The van der Waals surface area contributed by atoms with E-state index in [0.29, 0.717) is 24.3 Å². The molecule has 0 saturated carbocycles. The zero-order valence-electron chi connectivity index (χ0n) is 15.5. The van der Waals surface area contributed by atoms with Gasteiger partial charge in [-0.2, -0.15) is 0 Å². The van der Waals surface area contributed by atoms with Gasteiger partial charge in [-0.15, -0.1) is 12.4 Å². The van der Waals surface area contributed by atoms with Crippen LogP contribution in [-0.2, 0) is 4.79 Å². The molecular formula is C20H32ClN3O. The van der Waals surface area contributed by atoms with Crippen LogP contribution < -0.4 is 5.32 Å². The lowest BCUT2D eigenvalue weighted by molar-refractivity contribution is -0.132. The minimum Gasteiger partial charge on any atom is -0.340 e. The van der Waals surface area contributed by atoms with Crippen molar-refractivity contribution in [3.63, 3.8) is 0 Å². The summed E-state index contributed by atoms with van der Waals surface area (Å²) in [6.45, 7) is 10.1. The van der Waals surface area contributed by atoms with Crippen molar-refractivity contribution >= 4 is 18.3 Å². The number of nitrogens with zero attached hydrogens (tertiary/aromatic N) is 2. The number of halogens is 1. The number of likely N-dealkylation sites (tertiary alicyclic amines) is 1. The Morgan fingerprint density at radius 3 is 2.52 bits per heavy atom. The molecule has 0 aromatic heterocycles. The van der Waals surface area contributed by atoms with Crippen LogP contribution in [0.2, 0.25) is 0 Å². The summed E-state index contributed by atoms with van der Waals surface area (Å²) < 4.78 is 0. The molecule has 2 saturated heterocycles. The first kappa shape index (κ1) is 20.2. The SMILES string of the molecule is Cc1ccc(C2C(C)CCCN2CCC(=O)N2CCNCC2)cc1.Cl. The minimum atomic E-state index is 0. The van der Waals surface area contributed by atoms with Crippen LogP contribution in [0.1, 0.15) is 43.4 Å². The second kappa shape index (κ2) is 9.56. The number of aryl methyl sites for hydroxylation is 1. The summed E-state index contributed by atoms with van der Waals surface area (Å²) >= 11 is 0. The fourth-order valence-electron chi connectivity index (χ4n) is 4.14. The predicted molar refractivity (Wildman–Crippen MR) is 105 cm³/mol. The zero-order chi connectivity index (χ0) is 16.9. The summed E-state index contributed by atoms with van der Waals surface area (Å²) in [5.74, 6) is 0.966. The van der Waals surface area contributed by atoms with E-state index < -0.39 is 0 Å². The first-order chi connectivity index (χ1) is 11.6. The summed E-state index contributed by atoms with van der Waals surface area (Å²) in [5, 5.41) is 3.31. The van der Waals surface area contributed by atoms with Crippen molar-refractivity contribution in [2.24, 2.45) is 5.92 Å². The van der Waals surface area contributed by atoms with Gasteiger partial charge in [0, 0.05) is 45.2 Å². The number of piperidine rings is 1. The largest absolute Gasteiger partial charge is 0.340 e. The highest BCUT2D eigenvalue weighted by Crippen LogP contribution is 2.35. The number of hydrogen-bond acceptors (Lipinski definition) is 3. The number of piperazine rings is 1. The van der Waals surface area contributed by atoms with E-state index >= 15 is 0 Å². The first-order valence-electron chi connectivity index (χ1n) is 9.44. The third kappa shape index (κ3) is 5.19. The van der Waals surface area contributed by atoms with Crippen molar-refractivity contribution in [1.29, 1.82) is 0 Å². The van der Waals surface area contributed by atoms with Crippen LogP contribution >= 0.6 is 12.4 Å². The summed E-state index contributed by atoms with van der Waals surface area (Å²) in [4.78, 5) is 17.0. The second-order valence-corrected chi connectivity index (χ2v) is 7.39. The molecule has 0 bridgehead atoms. The van der Waals surface area contributed by atoms with E-state index in [1.54, 1.807) is 0 Å². The predicted octanol–water partition coefficient (Wildman–Crippen LogP) is 3.01. The van der Waals surface area contributed by atoms with Crippen molar-refractivity contribution in [1.82, 2.24) is 15.1 Å². The molecule has 1 amide bonds. The van der Waals surface area contributed by atoms with Gasteiger partial charge in [-0.25, -0.2) is 0 Å². The molecule has 0 radical (unpaired) electrons. The number of carbonyl (C=O) groups is 1. The minimum absolute atomic E-state index is 0. The van der Waals surface area contributed by atoms with Crippen LogP contribution in [0.25, 0.3) is 0 Å². The van der Waals surface area contributed by atoms with Gasteiger partial charge in [0.05, 0.1) is 0 Å². The summed E-state index contributed by atoms with van der Waals surface area (Å²) in [5.41, 5.74) is 2.71. The number of hydrogen-bond donors (Lipinski definition) is 1. The average molecular weight is 366 g/mol. The van der Waals surface area contributed by atoms with Crippen molar-refractivity contribution in [2.75, 3.05) is 39.3 Å². The molecule has 2 unspecified atom stereocenters. The van der Waals surface area contributed by atoms with E-state index in [1.165, 1.54) is 24.0 Å². The van der Waals surface area contributed by atoms with E-state index in [0.717, 1.165) is 39.3 Å². The maximum atomic E-state index is 12.5. The van der Waals surface area contributed by atoms with Gasteiger partial charge in [0.25, 0.3) is 0 Å². The Balaban J connectivity index is 0.00000225. The molecule has 1 aromatic carbocycles. The van der Waals surface area contributed by atoms with Crippen LogP contribution in [0, 0.1) is 12.8 Å². The lowest BCUT2D eigenvalue weighted by Crippen LogP contribution is -2.47. The zero-order valence-corrected chi connectivity index (χ0v) is 16.4. The summed E-state index contributed by atoms with van der Waals surface area (Å²) in [6.07, 6.45) is 3.17. The molecule has 1 N–H and O–H groups in total. The molecular weight excluding hydrogens is 334 g/mol. The lowest BCUT2D eigenvalue weighted by atomic mass is 9.85. The third-order valence-corrected chi connectivity index (χ3v) is 5.54. The van der Waals surface area contributed by atoms with Crippen LogP contribution in [0.5, 0.6) is 0 Å². The van der Waals surface area contributed by atoms with E-state index in [2.05, 4.69) is 48.3 Å². The lowest BCUT2D eigenvalue weighted by Gasteiger charge is -2.40. The van der Waals surface area contributed by atoms with Crippen LogP contribution in [-0.4, -0.2) is 55.0 Å². The Bertz CT molecular complexity index is 542. The summed E-state index contributed by atoms with van der Waals surface area (Å²) in [6, 6.07) is 9.41. The molecule has 140 valence electrons. The highest BCUT2D eigenvalue weighted by molar-refractivity contribution is 5.85. The number of rotatable bonds is 4.